The number of pyridine rings is 4. The van der Waals surface area contributed by atoms with Gasteiger partial charge >= 0.3 is 0 Å². The van der Waals surface area contributed by atoms with Crippen LogP contribution in [0.3, 0.4) is 0 Å². The SMILES string of the molecule is C=C(/C=c1/c(-c2cc3c(N4CCCCC4)nccc3[nH]2)n[nH]/c1=C/C)c1cncc(CCc2ccccc2)c1.C=C/C(=C\C(=C/C)c1cc2c(-c3cc4c(N5CCCCC5)nccc4[nH]3)n[nH]c2cn1)CCCN(C)C.CC. The first-order valence-electron chi connectivity index (χ1n) is 28.1. The minimum absolute atomic E-state index is 0.873. The Morgan fingerprint density at radius 1 is 0.679 bits per heavy atom. The fourth-order valence-electron chi connectivity index (χ4n) is 10.6. The molecule has 8 aromatic heterocycles. The molecule has 0 saturated carbocycles. The van der Waals surface area contributed by atoms with Crippen LogP contribution in [0.25, 0.3) is 78.8 Å². The molecule has 10 heterocycles. The van der Waals surface area contributed by atoms with Gasteiger partial charge in [-0.15, -0.1) is 0 Å². The molecular formula is C65H77N13. The largest absolute Gasteiger partial charge is 0.356 e. The molecule has 11 rings (SSSR count). The van der Waals surface area contributed by atoms with Crippen molar-refractivity contribution in [1.29, 1.82) is 0 Å². The molecule has 0 aliphatic carbocycles. The van der Waals surface area contributed by atoms with E-state index in [1.54, 1.807) is 0 Å². The number of H-pyrrole nitrogens is 4. The van der Waals surface area contributed by atoms with E-state index in [2.05, 4.69) is 152 Å². The third-order valence-corrected chi connectivity index (χ3v) is 14.8. The van der Waals surface area contributed by atoms with Crippen LogP contribution >= 0.6 is 0 Å². The summed E-state index contributed by atoms with van der Waals surface area (Å²) in [5.74, 6) is 2.12. The minimum Gasteiger partial charge on any atom is -0.356 e. The number of anilines is 2. The summed E-state index contributed by atoms with van der Waals surface area (Å²) in [6.45, 7) is 21.8. The highest BCUT2D eigenvalue weighted by molar-refractivity contribution is 6.00. The van der Waals surface area contributed by atoms with Crippen molar-refractivity contribution >= 4 is 67.6 Å². The molecule has 13 heteroatoms. The number of benzene rings is 1. The summed E-state index contributed by atoms with van der Waals surface area (Å²) >= 11 is 0. The second kappa shape index (κ2) is 26.3. The molecule has 0 unspecified atom stereocenters. The Morgan fingerprint density at radius 3 is 1.92 bits per heavy atom. The number of aromatic amines is 4. The number of aromatic nitrogens is 10. The van der Waals surface area contributed by atoms with E-state index in [0.29, 0.717) is 0 Å². The molecule has 402 valence electrons. The highest BCUT2D eigenvalue weighted by atomic mass is 15.2. The third-order valence-electron chi connectivity index (χ3n) is 14.8. The van der Waals surface area contributed by atoms with E-state index in [4.69, 9.17) is 20.1 Å². The fourth-order valence-corrected chi connectivity index (χ4v) is 10.6. The Labute approximate surface area is 459 Å². The molecule has 2 saturated heterocycles. The lowest BCUT2D eigenvalue weighted by atomic mass is 10.0. The van der Waals surface area contributed by atoms with Crippen molar-refractivity contribution in [3.05, 3.63) is 168 Å². The maximum Gasteiger partial charge on any atom is 0.137 e. The van der Waals surface area contributed by atoms with Crippen LogP contribution in [0.15, 0.2) is 135 Å². The van der Waals surface area contributed by atoms with Crippen molar-refractivity contribution < 1.29 is 0 Å². The van der Waals surface area contributed by atoms with Crippen LogP contribution in [0.1, 0.15) is 101 Å². The zero-order valence-electron chi connectivity index (χ0n) is 46.7. The van der Waals surface area contributed by atoms with E-state index < -0.39 is 0 Å². The van der Waals surface area contributed by atoms with Gasteiger partial charge in [0, 0.05) is 72.3 Å². The van der Waals surface area contributed by atoms with Crippen LogP contribution in [-0.2, 0) is 12.8 Å². The number of hydrogen-bond donors (Lipinski definition) is 4. The molecule has 9 aromatic rings. The molecule has 0 radical (unpaired) electrons. The highest BCUT2D eigenvalue weighted by Crippen LogP contribution is 2.35. The molecule has 78 heavy (non-hydrogen) atoms. The number of fused-ring (bicyclic) bond motifs is 3. The third kappa shape index (κ3) is 12.8. The van der Waals surface area contributed by atoms with E-state index in [-0.39, 0.29) is 0 Å². The number of hydrogen-bond acceptors (Lipinski definition) is 9. The van der Waals surface area contributed by atoms with E-state index in [0.717, 1.165) is 158 Å². The lowest BCUT2D eigenvalue weighted by Crippen LogP contribution is -2.30. The van der Waals surface area contributed by atoms with Crippen LogP contribution < -0.4 is 20.4 Å². The van der Waals surface area contributed by atoms with Gasteiger partial charge in [0.25, 0.3) is 0 Å². The molecule has 2 fully saturated rings. The molecule has 13 nitrogen and oxygen atoms in total. The van der Waals surface area contributed by atoms with Gasteiger partial charge in [-0.1, -0.05) is 75.6 Å². The van der Waals surface area contributed by atoms with Gasteiger partial charge in [-0.3, -0.25) is 20.2 Å². The highest BCUT2D eigenvalue weighted by Gasteiger charge is 2.21. The Hall–Kier alpha value is -8.16. The first-order valence-corrected chi connectivity index (χ1v) is 28.1. The standard InChI is InChI=1S/C33H34N6.C30H37N7.C2H6/c1-3-29-27(18-23(2)26-19-25(21-34-22-26)13-12-24-10-6-4-7-11-24)32(38-37-29)31-20-28-30(36-31)14-15-35-33(28)39-16-8-5-9-17-39;1-5-21(11-10-14-36(3)4)17-22(6-2)26-18-23-28(20-32-26)34-35-29(23)27-19-24-25(33-27)12-13-31-30(24)37-15-8-7-9-16-37;1-2/h3-4,6-7,10-11,14-15,18-22,36-37H,2,5,8-9,12-13,16-17H2,1H3;5-6,12-13,17-20,33H,1,7-11,14-16H2,2-4H3,(H,34,35);1-2H3/b27-18+,29-3+;21-17+,22-6+;. The average molecular weight is 1040 g/mol. The second-order valence-corrected chi connectivity index (χ2v) is 20.3. The average Bonchev–Trinajstić information content (AvgIpc) is 4.33. The Morgan fingerprint density at radius 2 is 1.31 bits per heavy atom. The van der Waals surface area contributed by atoms with Gasteiger partial charge in [0.15, 0.2) is 0 Å². The number of allylic oxidation sites excluding steroid dienone is 6. The molecule has 0 spiro atoms. The minimum atomic E-state index is 0.873. The number of aryl methyl sites for hydroxylation is 2. The normalized spacial score (nSPS) is 14.8. The van der Waals surface area contributed by atoms with Crippen LogP contribution in [0.4, 0.5) is 11.6 Å². The van der Waals surface area contributed by atoms with Gasteiger partial charge < -0.3 is 24.7 Å². The quantitative estimate of drug-likeness (QED) is 0.0694. The Bertz CT molecular complexity index is 3650. The molecular weight excluding hydrogens is 963 g/mol. The maximum absolute atomic E-state index is 4.75. The summed E-state index contributed by atoms with van der Waals surface area (Å²) in [5.41, 5.74) is 14.5. The Balaban J connectivity index is 0.000000184. The number of piperidine rings is 2. The van der Waals surface area contributed by atoms with E-state index in [1.165, 1.54) is 55.2 Å². The number of rotatable bonds is 16. The van der Waals surface area contributed by atoms with E-state index >= 15 is 0 Å². The predicted octanol–water partition coefficient (Wildman–Crippen LogP) is 12.8. The monoisotopic (exact) mass is 1040 g/mol. The first kappa shape index (κ1) is 54.6. The fraction of sp³-hybridized carbons (Fsp3) is 0.323. The molecule has 2 aliphatic heterocycles. The summed E-state index contributed by atoms with van der Waals surface area (Å²) in [6.07, 6.45) is 31.4. The number of nitrogens with one attached hydrogen (secondary N) is 4. The van der Waals surface area contributed by atoms with Crippen LogP contribution in [0.5, 0.6) is 0 Å². The molecule has 0 bridgehead atoms. The molecule has 4 N–H and O–H groups in total. The van der Waals surface area contributed by atoms with Crippen molar-refractivity contribution in [3.63, 3.8) is 0 Å². The van der Waals surface area contributed by atoms with E-state index in [9.17, 15) is 0 Å². The van der Waals surface area contributed by atoms with Crippen LogP contribution in [-0.4, -0.2) is 102 Å². The van der Waals surface area contributed by atoms with Gasteiger partial charge in [-0.05, 0) is 181 Å². The second-order valence-electron chi connectivity index (χ2n) is 20.3. The van der Waals surface area contributed by atoms with Gasteiger partial charge in [-0.2, -0.15) is 10.2 Å². The predicted molar refractivity (Wildman–Crippen MR) is 327 cm³/mol. The topological polar surface area (TPSA) is 150 Å². The maximum atomic E-state index is 4.75. The van der Waals surface area contributed by atoms with Crippen molar-refractivity contribution in [2.75, 3.05) is 56.6 Å². The molecule has 0 amide bonds. The van der Waals surface area contributed by atoms with Crippen molar-refractivity contribution in [2.45, 2.75) is 91.9 Å². The van der Waals surface area contributed by atoms with Gasteiger partial charge in [0.2, 0.25) is 0 Å². The zero-order chi connectivity index (χ0) is 54.4. The van der Waals surface area contributed by atoms with Crippen LogP contribution in [0, 0.1) is 0 Å². The van der Waals surface area contributed by atoms with Crippen molar-refractivity contribution in [1.82, 2.24) is 55.2 Å². The summed E-state index contributed by atoms with van der Waals surface area (Å²) in [5, 5.41) is 21.1. The van der Waals surface area contributed by atoms with Gasteiger partial charge in [-0.25, -0.2) is 9.97 Å². The number of nitrogens with zero attached hydrogens (tertiary/aromatic N) is 9. The summed E-state index contributed by atoms with van der Waals surface area (Å²) in [7, 11) is 4.21. The van der Waals surface area contributed by atoms with E-state index in [1.807, 2.05) is 76.0 Å². The summed E-state index contributed by atoms with van der Waals surface area (Å²) in [6, 6.07) is 23.4. The summed E-state index contributed by atoms with van der Waals surface area (Å²) < 4.78 is 0. The first-order chi connectivity index (χ1) is 38.3. The zero-order valence-corrected chi connectivity index (χ0v) is 46.7. The lowest BCUT2D eigenvalue weighted by Gasteiger charge is -2.28. The lowest BCUT2D eigenvalue weighted by molar-refractivity contribution is 0.400. The molecule has 0 atom stereocenters. The smallest absolute Gasteiger partial charge is 0.137 e. The Kier molecular flexibility index (Phi) is 18.4. The van der Waals surface area contributed by atoms with Crippen LogP contribution in [0.2, 0.25) is 0 Å². The van der Waals surface area contributed by atoms with Gasteiger partial charge in [0.05, 0.1) is 45.2 Å². The van der Waals surface area contributed by atoms with Crippen molar-refractivity contribution in [3.8, 4) is 22.8 Å². The summed E-state index contributed by atoms with van der Waals surface area (Å²) in [4.78, 5) is 33.0. The van der Waals surface area contributed by atoms with Gasteiger partial charge in [0.1, 0.15) is 23.0 Å². The molecule has 2 aliphatic rings. The van der Waals surface area contributed by atoms with Crippen molar-refractivity contribution in [2.24, 2.45) is 0 Å². The molecule has 1 aromatic carbocycles.